The fourth-order valence-corrected chi connectivity index (χ4v) is 2.17. The van der Waals surface area contributed by atoms with Gasteiger partial charge in [-0.25, -0.2) is 4.98 Å². The monoisotopic (exact) mass is 264 g/mol. The molecule has 0 saturated heterocycles. The molecule has 3 heteroatoms. The summed E-state index contributed by atoms with van der Waals surface area (Å²) in [6, 6.07) is 18.1. The number of rotatable bonds is 3. The number of nitrogens with one attached hydrogen (secondary N) is 1. The Morgan fingerprint density at radius 1 is 1.00 bits per heavy atom. The van der Waals surface area contributed by atoms with Gasteiger partial charge in [-0.2, -0.15) is 0 Å². The molecule has 20 heavy (non-hydrogen) atoms. The Balaban J connectivity index is 1.93. The Labute approximate surface area is 118 Å². The van der Waals surface area contributed by atoms with Crippen molar-refractivity contribution in [2.75, 3.05) is 12.4 Å². The third-order valence-electron chi connectivity index (χ3n) is 3.19. The molecule has 1 aromatic heterocycles. The molecule has 0 unspecified atom stereocenters. The summed E-state index contributed by atoms with van der Waals surface area (Å²) in [4.78, 5) is 4.61. The first-order valence-corrected chi connectivity index (χ1v) is 6.53. The molecule has 0 radical (unpaired) electrons. The van der Waals surface area contributed by atoms with Crippen molar-refractivity contribution < 1.29 is 4.74 Å². The van der Waals surface area contributed by atoms with Crippen molar-refractivity contribution in [2.45, 2.75) is 6.92 Å². The number of nitrogens with zero attached hydrogens (tertiary/aromatic N) is 1. The van der Waals surface area contributed by atoms with Gasteiger partial charge in [0.2, 0.25) is 0 Å². The summed E-state index contributed by atoms with van der Waals surface area (Å²) in [7, 11) is 1.67. The largest absolute Gasteiger partial charge is 0.497 e. The Morgan fingerprint density at radius 2 is 1.90 bits per heavy atom. The predicted octanol–water partition coefficient (Wildman–Crippen LogP) is 4.30. The third kappa shape index (κ3) is 2.57. The van der Waals surface area contributed by atoms with E-state index in [1.54, 1.807) is 7.11 Å². The lowest BCUT2D eigenvalue weighted by atomic mass is 10.2. The Hall–Kier alpha value is -2.55. The zero-order chi connectivity index (χ0) is 13.9. The van der Waals surface area contributed by atoms with Crippen molar-refractivity contribution in [3.8, 4) is 5.75 Å². The van der Waals surface area contributed by atoms with E-state index in [1.807, 2.05) is 42.5 Å². The van der Waals surface area contributed by atoms with Crippen LogP contribution in [0.25, 0.3) is 10.9 Å². The van der Waals surface area contributed by atoms with Gasteiger partial charge >= 0.3 is 0 Å². The number of anilines is 2. The molecule has 0 aliphatic carbocycles. The van der Waals surface area contributed by atoms with Gasteiger partial charge in [0.25, 0.3) is 0 Å². The molecule has 0 saturated carbocycles. The Bertz CT molecular complexity index is 753. The summed E-state index contributed by atoms with van der Waals surface area (Å²) in [5.41, 5.74) is 3.22. The summed E-state index contributed by atoms with van der Waals surface area (Å²) in [6.07, 6.45) is 0. The quantitative estimate of drug-likeness (QED) is 0.766. The van der Waals surface area contributed by atoms with E-state index in [2.05, 4.69) is 29.4 Å². The van der Waals surface area contributed by atoms with Crippen LogP contribution in [-0.2, 0) is 0 Å². The van der Waals surface area contributed by atoms with E-state index in [1.165, 1.54) is 5.56 Å². The second-order valence-electron chi connectivity index (χ2n) is 4.75. The van der Waals surface area contributed by atoms with Crippen LogP contribution in [-0.4, -0.2) is 12.1 Å². The molecule has 2 aromatic carbocycles. The van der Waals surface area contributed by atoms with E-state index in [4.69, 9.17) is 4.74 Å². The highest BCUT2D eigenvalue weighted by Gasteiger charge is 2.01. The normalized spacial score (nSPS) is 10.5. The van der Waals surface area contributed by atoms with Crippen LogP contribution in [0.2, 0.25) is 0 Å². The van der Waals surface area contributed by atoms with Gasteiger partial charge in [-0.15, -0.1) is 0 Å². The molecule has 3 nitrogen and oxygen atoms in total. The summed E-state index contributed by atoms with van der Waals surface area (Å²) < 4.78 is 5.22. The van der Waals surface area contributed by atoms with E-state index in [9.17, 15) is 0 Å². The minimum atomic E-state index is 0.841. The highest BCUT2D eigenvalue weighted by Crippen LogP contribution is 2.22. The number of aromatic nitrogens is 1. The molecule has 0 spiro atoms. The smallest absolute Gasteiger partial charge is 0.131 e. The van der Waals surface area contributed by atoms with Gasteiger partial charge in [0.1, 0.15) is 11.6 Å². The first kappa shape index (κ1) is 12.5. The SMILES string of the molecule is COc1ccc2nc(Nc3cccc(C)c3)ccc2c1. The third-order valence-corrected chi connectivity index (χ3v) is 3.19. The second-order valence-corrected chi connectivity index (χ2v) is 4.75. The molecule has 3 aromatic rings. The molecule has 0 bridgehead atoms. The van der Waals surface area contributed by atoms with Crippen LogP contribution in [0.4, 0.5) is 11.5 Å². The summed E-state index contributed by atoms with van der Waals surface area (Å²) in [6.45, 7) is 2.07. The summed E-state index contributed by atoms with van der Waals surface area (Å²) >= 11 is 0. The standard InChI is InChI=1S/C17H16N2O/c1-12-4-3-5-14(10-12)18-17-9-6-13-11-15(20-2)7-8-16(13)19-17/h3-11H,1-2H3,(H,18,19). The van der Waals surface area contributed by atoms with Crippen LogP contribution in [0.1, 0.15) is 5.56 Å². The number of fused-ring (bicyclic) bond motifs is 1. The number of hydrogen-bond donors (Lipinski definition) is 1. The lowest BCUT2D eigenvalue weighted by Gasteiger charge is -2.08. The zero-order valence-corrected chi connectivity index (χ0v) is 11.6. The molecule has 0 atom stereocenters. The van der Waals surface area contributed by atoms with E-state index < -0.39 is 0 Å². The van der Waals surface area contributed by atoms with Crippen LogP contribution >= 0.6 is 0 Å². The average molecular weight is 264 g/mol. The number of ether oxygens (including phenoxy) is 1. The molecule has 0 aliphatic rings. The Morgan fingerprint density at radius 3 is 2.70 bits per heavy atom. The molecule has 0 amide bonds. The second kappa shape index (κ2) is 5.21. The van der Waals surface area contributed by atoms with Gasteiger partial charge in [0.15, 0.2) is 0 Å². The van der Waals surface area contributed by atoms with Crippen LogP contribution < -0.4 is 10.1 Å². The van der Waals surface area contributed by atoms with Crippen molar-refractivity contribution in [1.29, 1.82) is 0 Å². The molecule has 100 valence electrons. The summed E-state index contributed by atoms with van der Waals surface area (Å²) in [5, 5.41) is 4.39. The fourth-order valence-electron chi connectivity index (χ4n) is 2.17. The van der Waals surface area contributed by atoms with Crippen molar-refractivity contribution in [3.05, 3.63) is 60.2 Å². The van der Waals surface area contributed by atoms with Crippen LogP contribution in [0.3, 0.4) is 0 Å². The van der Waals surface area contributed by atoms with Gasteiger partial charge in [0.05, 0.1) is 12.6 Å². The van der Waals surface area contributed by atoms with Gasteiger partial charge in [-0.05, 0) is 55.0 Å². The highest BCUT2D eigenvalue weighted by atomic mass is 16.5. The molecular weight excluding hydrogens is 248 g/mol. The van der Waals surface area contributed by atoms with Gasteiger partial charge < -0.3 is 10.1 Å². The van der Waals surface area contributed by atoms with Crippen LogP contribution in [0, 0.1) is 6.92 Å². The van der Waals surface area contributed by atoms with Gasteiger partial charge in [-0.3, -0.25) is 0 Å². The van der Waals surface area contributed by atoms with E-state index in [0.29, 0.717) is 0 Å². The lowest BCUT2D eigenvalue weighted by molar-refractivity contribution is 0.415. The number of methoxy groups -OCH3 is 1. The van der Waals surface area contributed by atoms with E-state index in [0.717, 1.165) is 28.2 Å². The van der Waals surface area contributed by atoms with Crippen LogP contribution in [0.5, 0.6) is 5.75 Å². The fraction of sp³-hybridized carbons (Fsp3) is 0.118. The zero-order valence-electron chi connectivity index (χ0n) is 11.6. The molecule has 1 N–H and O–H groups in total. The maximum Gasteiger partial charge on any atom is 0.131 e. The van der Waals surface area contributed by atoms with Gasteiger partial charge in [-0.1, -0.05) is 12.1 Å². The highest BCUT2D eigenvalue weighted by molar-refractivity contribution is 5.82. The maximum absolute atomic E-state index is 5.22. The van der Waals surface area contributed by atoms with Gasteiger partial charge in [0, 0.05) is 11.1 Å². The molecule has 0 aliphatic heterocycles. The molecule has 1 heterocycles. The van der Waals surface area contributed by atoms with E-state index >= 15 is 0 Å². The minimum absolute atomic E-state index is 0.841. The first-order chi connectivity index (χ1) is 9.74. The predicted molar refractivity (Wildman–Crippen MR) is 82.8 cm³/mol. The maximum atomic E-state index is 5.22. The number of pyridine rings is 1. The van der Waals surface area contributed by atoms with E-state index in [-0.39, 0.29) is 0 Å². The minimum Gasteiger partial charge on any atom is -0.497 e. The Kier molecular flexibility index (Phi) is 3.25. The molecule has 0 fully saturated rings. The topological polar surface area (TPSA) is 34.1 Å². The molecular formula is C17H16N2O. The molecule has 3 rings (SSSR count). The number of hydrogen-bond acceptors (Lipinski definition) is 3. The average Bonchev–Trinajstić information content (AvgIpc) is 2.47. The lowest BCUT2D eigenvalue weighted by Crippen LogP contribution is -1.94. The summed E-state index contributed by atoms with van der Waals surface area (Å²) in [5.74, 6) is 1.69. The number of benzene rings is 2. The first-order valence-electron chi connectivity index (χ1n) is 6.53. The van der Waals surface area contributed by atoms with Crippen molar-refractivity contribution >= 4 is 22.4 Å². The van der Waals surface area contributed by atoms with Crippen LogP contribution in [0.15, 0.2) is 54.6 Å². The van der Waals surface area contributed by atoms with Crippen molar-refractivity contribution in [3.63, 3.8) is 0 Å². The van der Waals surface area contributed by atoms with Crippen molar-refractivity contribution in [1.82, 2.24) is 4.98 Å². The van der Waals surface area contributed by atoms with Crippen molar-refractivity contribution in [2.24, 2.45) is 0 Å². The number of aryl methyl sites for hydroxylation is 1.